The maximum Gasteiger partial charge on any atom is 0.193 e. The third-order valence-electron chi connectivity index (χ3n) is 3.71. The van der Waals surface area contributed by atoms with Crippen molar-refractivity contribution >= 4 is 53.3 Å². The average molecular weight is 459 g/mol. The van der Waals surface area contributed by atoms with Crippen LogP contribution < -0.4 is 5.32 Å². The molecule has 1 aliphatic heterocycles. The lowest BCUT2D eigenvalue weighted by atomic mass is 10.0. The lowest BCUT2D eigenvalue weighted by molar-refractivity contribution is 0.0718. The number of nitrogens with one attached hydrogen (secondary N) is 1. The van der Waals surface area contributed by atoms with Gasteiger partial charge in [-0.25, -0.2) is 0 Å². The van der Waals surface area contributed by atoms with Crippen molar-refractivity contribution in [2.45, 2.75) is 18.6 Å². The number of aliphatic hydroxyl groups is 1. The summed E-state index contributed by atoms with van der Waals surface area (Å²) in [5.74, 6) is 2.58. The van der Waals surface area contributed by atoms with Crippen molar-refractivity contribution < 1.29 is 5.11 Å². The Labute approximate surface area is 158 Å². The fourth-order valence-corrected chi connectivity index (χ4v) is 3.97. The van der Waals surface area contributed by atoms with E-state index in [4.69, 9.17) is 11.6 Å². The van der Waals surface area contributed by atoms with E-state index in [-0.39, 0.29) is 24.0 Å². The Hall–Kier alpha value is -0.120. The predicted molar refractivity (Wildman–Crippen MR) is 106 cm³/mol. The molecular weight excluding hydrogens is 435 g/mol. The van der Waals surface area contributed by atoms with Crippen LogP contribution in [0.5, 0.6) is 0 Å². The van der Waals surface area contributed by atoms with Crippen LogP contribution in [0.3, 0.4) is 0 Å². The van der Waals surface area contributed by atoms with E-state index in [9.17, 15) is 5.11 Å². The molecule has 8 heteroatoms. The fraction of sp³-hybridized carbons (Fsp3) is 0.643. The molecule has 1 unspecified atom stereocenters. The first-order valence-corrected chi connectivity index (χ1v) is 8.49. The molecule has 0 bridgehead atoms. The number of aliphatic imine (C=N–C) groups is 1. The minimum atomic E-state index is -0.615. The molecule has 1 fully saturated rings. The lowest BCUT2D eigenvalue weighted by Crippen LogP contribution is -2.47. The van der Waals surface area contributed by atoms with Gasteiger partial charge in [-0.3, -0.25) is 4.99 Å². The number of rotatable bonds is 4. The zero-order chi connectivity index (χ0) is 15.5. The van der Waals surface area contributed by atoms with Crippen LogP contribution in [0.1, 0.15) is 12.1 Å². The Bertz CT molecular complexity index is 517. The van der Waals surface area contributed by atoms with E-state index in [2.05, 4.69) is 10.3 Å². The van der Waals surface area contributed by atoms with Gasteiger partial charge in [0, 0.05) is 45.3 Å². The van der Waals surface area contributed by atoms with E-state index in [0.29, 0.717) is 13.1 Å². The molecule has 1 atom stereocenters. The van der Waals surface area contributed by atoms with Gasteiger partial charge in [0.05, 0.1) is 17.2 Å². The largest absolute Gasteiger partial charge is 0.387 e. The second kappa shape index (κ2) is 8.65. The van der Waals surface area contributed by atoms with Crippen molar-refractivity contribution in [3.05, 3.63) is 23.0 Å². The van der Waals surface area contributed by atoms with Gasteiger partial charge in [0.2, 0.25) is 0 Å². The van der Waals surface area contributed by atoms with Crippen LogP contribution in [0.25, 0.3) is 0 Å². The molecule has 0 radical (unpaired) electrons. The molecule has 2 N–H and O–H groups in total. The highest BCUT2D eigenvalue weighted by Gasteiger charge is 2.31. The molecular formula is C14H24ClIN4OS. The molecule has 0 aromatic carbocycles. The van der Waals surface area contributed by atoms with Crippen LogP contribution in [0.2, 0.25) is 5.02 Å². The zero-order valence-electron chi connectivity index (χ0n) is 13.2. The van der Waals surface area contributed by atoms with Gasteiger partial charge in [-0.15, -0.1) is 24.0 Å². The van der Waals surface area contributed by atoms with Crippen LogP contribution in [-0.2, 0) is 13.6 Å². The molecule has 1 aliphatic rings. The van der Waals surface area contributed by atoms with Gasteiger partial charge in [-0.2, -0.15) is 11.8 Å². The molecule has 2 heterocycles. The Kier molecular flexibility index (Phi) is 7.84. The van der Waals surface area contributed by atoms with Gasteiger partial charge in [0.15, 0.2) is 5.96 Å². The highest BCUT2D eigenvalue weighted by Crippen LogP contribution is 2.27. The zero-order valence-corrected chi connectivity index (χ0v) is 17.1. The third-order valence-corrected chi connectivity index (χ3v) is 5.15. The second-order valence-corrected chi connectivity index (χ2v) is 7.09. The van der Waals surface area contributed by atoms with Crippen LogP contribution in [-0.4, -0.2) is 58.3 Å². The molecule has 2 rings (SSSR count). The van der Waals surface area contributed by atoms with Crippen LogP contribution in [0, 0.1) is 0 Å². The number of nitrogens with zero attached hydrogens (tertiary/aromatic N) is 3. The summed E-state index contributed by atoms with van der Waals surface area (Å²) in [6.07, 6.45) is 2.72. The standard InChI is InChI=1S/C14H23ClN4OS.HI/c1-16-13(17-9-14(20)4-5-21-10-14)19(3)8-12-6-11(15)7-18(12)2;/h6-7,20H,4-5,8-10H2,1-3H3,(H,16,17);1H. The summed E-state index contributed by atoms with van der Waals surface area (Å²) in [5.41, 5.74) is 0.496. The summed E-state index contributed by atoms with van der Waals surface area (Å²) in [6.45, 7) is 1.24. The first-order chi connectivity index (χ1) is 9.93. The topological polar surface area (TPSA) is 52.8 Å². The second-order valence-electron chi connectivity index (χ2n) is 5.54. The molecule has 0 spiro atoms. The van der Waals surface area contributed by atoms with Crippen LogP contribution in [0.4, 0.5) is 0 Å². The molecule has 126 valence electrons. The maximum absolute atomic E-state index is 10.4. The summed E-state index contributed by atoms with van der Waals surface area (Å²) in [7, 11) is 5.71. The quantitative estimate of drug-likeness (QED) is 0.412. The summed E-state index contributed by atoms with van der Waals surface area (Å²) >= 11 is 7.80. The number of guanidine groups is 1. The van der Waals surface area contributed by atoms with E-state index in [1.807, 2.05) is 35.8 Å². The Balaban J connectivity index is 0.00000242. The number of hydrogen-bond donors (Lipinski definition) is 2. The highest BCUT2D eigenvalue weighted by molar-refractivity contribution is 14.0. The summed E-state index contributed by atoms with van der Waals surface area (Å²) in [4.78, 5) is 6.31. The van der Waals surface area contributed by atoms with E-state index in [1.165, 1.54) is 0 Å². The molecule has 5 nitrogen and oxygen atoms in total. The van der Waals surface area contributed by atoms with E-state index in [1.54, 1.807) is 18.8 Å². The molecule has 1 aromatic heterocycles. The first kappa shape index (κ1) is 19.9. The smallest absolute Gasteiger partial charge is 0.193 e. The third kappa shape index (κ3) is 5.21. The average Bonchev–Trinajstić information content (AvgIpc) is 2.97. The van der Waals surface area contributed by atoms with Crippen LogP contribution >= 0.6 is 47.3 Å². The summed E-state index contributed by atoms with van der Waals surface area (Å²) < 4.78 is 2.01. The number of hydrogen-bond acceptors (Lipinski definition) is 3. The number of thioether (sulfide) groups is 1. The number of halogens is 2. The fourth-order valence-electron chi connectivity index (χ4n) is 2.41. The van der Waals surface area contributed by atoms with Gasteiger partial charge < -0.3 is 19.9 Å². The maximum atomic E-state index is 10.4. The molecule has 1 saturated heterocycles. The van der Waals surface area contributed by atoms with E-state index >= 15 is 0 Å². The number of aryl methyl sites for hydroxylation is 1. The van der Waals surface area contributed by atoms with Crippen molar-refractivity contribution in [1.82, 2.24) is 14.8 Å². The lowest BCUT2D eigenvalue weighted by Gasteiger charge is -2.27. The van der Waals surface area contributed by atoms with Crippen molar-refractivity contribution in [2.24, 2.45) is 12.0 Å². The summed E-state index contributed by atoms with van der Waals surface area (Å²) in [6, 6.07) is 1.95. The minimum Gasteiger partial charge on any atom is -0.387 e. The van der Waals surface area contributed by atoms with Crippen molar-refractivity contribution in [3.63, 3.8) is 0 Å². The van der Waals surface area contributed by atoms with Gasteiger partial charge >= 0.3 is 0 Å². The first-order valence-electron chi connectivity index (χ1n) is 6.96. The molecule has 22 heavy (non-hydrogen) atoms. The van der Waals surface area contributed by atoms with Crippen molar-refractivity contribution in [3.8, 4) is 0 Å². The van der Waals surface area contributed by atoms with Gasteiger partial charge in [-0.1, -0.05) is 11.6 Å². The monoisotopic (exact) mass is 458 g/mol. The normalized spacial score (nSPS) is 21.6. The van der Waals surface area contributed by atoms with E-state index in [0.717, 1.165) is 34.6 Å². The Morgan fingerprint density at radius 1 is 1.64 bits per heavy atom. The molecule has 0 aliphatic carbocycles. The van der Waals surface area contributed by atoms with Gasteiger partial charge in [0.1, 0.15) is 0 Å². The van der Waals surface area contributed by atoms with Crippen LogP contribution in [0.15, 0.2) is 17.3 Å². The predicted octanol–water partition coefficient (Wildman–Crippen LogP) is 2.17. The Morgan fingerprint density at radius 2 is 2.36 bits per heavy atom. The SMILES string of the molecule is CN=C(NCC1(O)CCSC1)N(C)Cc1cc(Cl)cn1C.I. The van der Waals surface area contributed by atoms with Gasteiger partial charge in [-0.05, 0) is 18.2 Å². The van der Waals surface area contributed by atoms with Gasteiger partial charge in [0.25, 0.3) is 0 Å². The van der Waals surface area contributed by atoms with E-state index < -0.39 is 5.60 Å². The highest BCUT2D eigenvalue weighted by atomic mass is 127. The van der Waals surface area contributed by atoms with Crippen molar-refractivity contribution in [1.29, 1.82) is 0 Å². The number of aromatic nitrogens is 1. The summed E-state index contributed by atoms with van der Waals surface area (Å²) in [5, 5.41) is 14.4. The molecule has 0 saturated carbocycles. The molecule has 0 amide bonds. The van der Waals surface area contributed by atoms with Crippen molar-refractivity contribution in [2.75, 3.05) is 32.1 Å². The Morgan fingerprint density at radius 3 is 2.86 bits per heavy atom. The minimum absolute atomic E-state index is 0. The molecule has 1 aromatic rings.